The summed E-state index contributed by atoms with van der Waals surface area (Å²) in [7, 11) is 0. The molecule has 0 amide bonds. The zero-order valence-corrected chi connectivity index (χ0v) is 7.46. The van der Waals surface area contributed by atoms with Gasteiger partial charge in [-0.25, -0.2) is 0 Å². The Balaban J connectivity index is 4.14. The lowest BCUT2D eigenvalue weighted by molar-refractivity contribution is 1.22. The fourth-order valence-corrected chi connectivity index (χ4v) is 0.691. The predicted molar refractivity (Wildman–Crippen MR) is 54.2 cm³/mol. The van der Waals surface area contributed by atoms with E-state index < -0.39 is 0 Å². The summed E-state index contributed by atoms with van der Waals surface area (Å²) in [6.45, 7) is 5.86. The molecule has 0 aromatic rings. The van der Waals surface area contributed by atoms with Gasteiger partial charge in [-0.15, -0.1) is 0 Å². The van der Waals surface area contributed by atoms with Crippen molar-refractivity contribution < 1.29 is 0 Å². The van der Waals surface area contributed by atoms with Gasteiger partial charge in [-0.1, -0.05) is 25.7 Å². The van der Waals surface area contributed by atoms with Crippen LogP contribution in [0.25, 0.3) is 0 Å². The highest BCUT2D eigenvalue weighted by atomic mass is 14.6. The Morgan fingerprint density at radius 2 is 2.08 bits per heavy atom. The minimum absolute atomic E-state index is 0.614. The molecule has 0 aliphatic carbocycles. The summed E-state index contributed by atoms with van der Waals surface area (Å²) in [6.07, 6.45) is 9.76. The first-order valence-corrected chi connectivity index (χ1v) is 3.91. The van der Waals surface area contributed by atoms with Crippen LogP contribution in [0.3, 0.4) is 0 Å². The maximum Gasteiger partial charge on any atom is 0.0334 e. The Bertz CT molecular complexity index is 222. The average molecular weight is 164 g/mol. The Kier molecular flexibility index (Phi) is 5.53. The first-order chi connectivity index (χ1) is 5.70. The maximum absolute atomic E-state index is 5.56. The third-order valence-corrected chi connectivity index (χ3v) is 1.21. The molecule has 0 unspecified atom stereocenters. The monoisotopic (exact) mass is 164 g/mol. The number of nitrogens with two attached hydrogens (primary N) is 2. The fourth-order valence-electron chi connectivity index (χ4n) is 0.691. The summed E-state index contributed by atoms with van der Waals surface area (Å²) < 4.78 is 0. The molecule has 0 saturated carbocycles. The van der Waals surface area contributed by atoms with E-state index in [1.54, 1.807) is 12.2 Å². The van der Waals surface area contributed by atoms with Crippen LogP contribution < -0.4 is 11.5 Å². The van der Waals surface area contributed by atoms with Crippen LogP contribution >= 0.6 is 0 Å². The van der Waals surface area contributed by atoms with Crippen LogP contribution in [0.4, 0.5) is 0 Å². The van der Waals surface area contributed by atoms with Gasteiger partial charge in [0.15, 0.2) is 0 Å². The van der Waals surface area contributed by atoms with Gasteiger partial charge >= 0.3 is 0 Å². The zero-order chi connectivity index (χ0) is 9.40. The topological polar surface area (TPSA) is 52.0 Å². The summed E-state index contributed by atoms with van der Waals surface area (Å²) in [5, 5.41) is 0. The second-order valence-electron chi connectivity index (χ2n) is 2.39. The highest BCUT2D eigenvalue weighted by molar-refractivity contribution is 5.33. The molecule has 0 heterocycles. The number of allylic oxidation sites excluding steroid dienone is 5. The quantitative estimate of drug-likeness (QED) is 0.623. The van der Waals surface area contributed by atoms with Crippen molar-refractivity contribution in [1.29, 1.82) is 0 Å². The Morgan fingerprint density at radius 1 is 1.42 bits per heavy atom. The fraction of sp³-hybridized carbons (Fsp3) is 0.200. The van der Waals surface area contributed by atoms with Gasteiger partial charge in [0.1, 0.15) is 0 Å². The summed E-state index contributed by atoms with van der Waals surface area (Å²) >= 11 is 0. The lowest BCUT2D eigenvalue weighted by atomic mass is 10.2. The first-order valence-electron chi connectivity index (χ1n) is 3.91. The van der Waals surface area contributed by atoms with Gasteiger partial charge in [-0.2, -0.15) is 0 Å². The SMILES string of the molecule is C=C(/C=C/CC)/C=C(N)\C=C\N. The molecule has 0 fully saturated rings. The summed E-state index contributed by atoms with van der Waals surface area (Å²) in [6, 6.07) is 0. The van der Waals surface area contributed by atoms with Crippen molar-refractivity contribution >= 4 is 0 Å². The van der Waals surface area contributed by atoms with Crippen LogP contribution in [-0.4, -0.2) is 0 Å². The smallest absolute Gasteiger partial charge is 0.0334 e. The summed E-state index contributed by atoms with van der Waals surface area (Å²) in [5.41, 5.74) is 12.2. The van der Waals surface area contributed by atoms with E-state index in [2.05, 4.69) is 13.5 Å². The molecule has 0 rings (SSSR count). The largest absolute Gasteiger partial charge is 0.405 e. The van der Waals surface area contributed by atoms with E-state index in [1.807, 2.05) is 12.2 Å². The number of hydrogen-bond acceptors (Lipinski definition) is 2. The van der Waals surface area contributed by atoms with Gasteiger partial charge in [-0.3, -0.25) is 0 Å². The Hall–Kier alpha value is -1.44. The molecule has 0 saturated heterocycles. The molecule has 0 aliphatic heterocycles. The van der Waals surface area contributed by atoms with E-state index >= 15 is 0 Å². The molecule has 4 N–H and O–H groups in total. The van der Waals surface area contributed by atoms with E-state index in [9.17, 15) is 0 Å². The molecule has 0 aliphatic rings. The van der Waals surface area contributed by atoms with Gasteiger partial charge in [0, 0.05) is 5.70 Å². The van der Waals surface area contributed by atoms with Crippen molar-refractivity contribution in [1.82, 2.24) is 0 Å². The Labute approximate surface area is 73.9 Å². The van der Waals surface area contributed by atoms with Gasteiger partial charge in [0.05, 0.1) is 0 Å². The predicted octanol–water partition coefficient (Wildman–Crippen LogP) is 1.82. The second-order valence-corrected chi connectivity index (χ2v) is 2.39. The minimum atomic E-state index is 0.614. The molecule has 0 aromatic heterocycles. The zero-order valence-electron chi connectivity index (χ0n) is 7.46. The van der Waals surface area contributed by atoms with Crippen LogP contribution in [0.15, 0.2) is 48.4 Å². The molecule has 66 valence electrons. The molecule has 0 radical (unpaired) electrons. The molecule has 2 heteroatoms. The van der Waals surface area contributed by atoms with Gasteiger partial charge in [0.2, 0.25) is 0 Å². The van der Waals surface area contributed by atoms with Gasteiger partial charge < -0.3 is 11.5 Å². The minimum Gasteiger partial charge on any atom is -0.405 e. The van der Waals surface area contributed by atoms with Crippen LogP contribution in [-0.2, 0) is 0 Å². The molecule has 2 nitrogen and oxygen atoms in total. The van der Waals surface area contributed by atoms with Crippen molar-refractivity contribution in [3.8, 4) is 0 Å². The molecule has 0 spiro atoms. The lowest BCUT2D eigenvalue weighted by Gasteiger charge is -1.92. The molecular formula is C10H16N2. The van der Waals surface area contributed by atoms with Crippen molar-refractivity contribution in [3.63, 3.8) is 0 Å². The average Bonchev–Trinajstić information content (AvgIpc) is 2.01. The van der Waals surface area contributed by atoms with Gasteiger partial charge in [-0.05, 0) is 30.3 Å². The highest BCUT2D eigenvalue weighted by Crippen LogP contribution is 1.99. The van der Waals surface area contributed by atoms with Gasteiger partial charge in [0.25, 0.3) is 0 Å². The molecule has 0 atom stereocenters. The van der Waals surface area contributed by atoms with Crippen LogP contribution in [0.5, 0.6) is 0 Å². The van der Waals surface area contributed by atoms with E-state index in [-0.39, 0.29) is 0 Å². The molecule has 0 aromatic carbocycles. The number of hydrogen-bond donors (Lipinski definition) is 2. The number of rotatable bonds is 4. The normalized spacial score (nSPS) is 12.9. The van der Waals surface area contributed by atoms with Crippen molar-refractivity contribution in [2.45, 2.75) is 13.3 Å². The van der Waals surface area contributed by atoms with Crippen LogP contribution in [0.1, 0.15) is 13.3 Å². The standard InChI is InChI=1S/C10H16N2/c1-3-4-5-9(2)8-10(12)6-7-11/h4-8H,2-3,11-12H2,1H3/b5-4+,7-6+,10-8+. The molecular weight excluding hydrogens is 148 g/mol. The van der Waals surface area contributed by atoms with Crippen molar-refractivity contribution in [3.05, 3.63) is 48.4 Å². The second kappa shape index (κ2) is 6.28. The third-order valence-electron chi connectivity index (χ3n) is 1.21. The summed E-state index contributed by atoms with van der Waals surface area (Å²) in [5.74, 6) is 0. The van der Waals surface area contributed by atoms with E-state index in [0.717, 1.165) is 12.0 Å². The molecule has 12 heavy (non-hydrogen) atoms. The van der Waals surface area contributed by atoms with E-state index in [1.165, 1.54) is 6.20 Å². The van der Waals surface area contributed by atoms with E-state index in [4.69, 9.17) is 11.5 Å². The molecule has 0 bridgehead atoms. The lowest BCUT2D eigenvalue weighted by Crippen LogP contribution is -1.94. The maximum atomic E-state index is 5.56. The first kappa shape index (κ1) is 10.6. The third kappa shape index (κ3) is 5.35. The van der Waals surface area contributed by atoms with Crippen LogP contribution in [0.2, 0.25) is 0 Å². The summed E-state index contributed by atoms with van der Waals surface area (Å²) in [4.78, 5) is 0. The Morgan fingerprint density at radius 3 is 2.58 bits per heavy atom. The van der Waals surface area contributed by atoms with Crippen molar-refractivity contribution in [2.24, 2.45) is 11.5 Å². The van der Waals surface area contributed by atoms with Crippen LogP contribution in [0, 0.1) is 0 Å². The highest BCUT2D eigenvalue weighted by Gasteiger charge is 1.83. The van der Waals surface area contributed by atoms with Crippen molar-refractivity contribution in [2.75, 3.05) is 0 Å². The van der Waals surface area contributed by atoms with E-state index in [0.29, 0.717) is 5.70 Å².